The zero-order chi connectivity index (χ0) is 16.3. The number of hydrogen-bond acceptors (Lipinski definition) is 3. The molecule has 0 radical (unpaired) electrons. The number of aryl methyl sites for hydroxylation is 3. The Morgan fingerprint density at radius 3 is 2.55 bits per heavy atom. The average Bonchev–Trinajstić information content (AvgIpc) is 2.79. The summed E-state index contributed by atoms with van der Waals surface area (Å²) in [5, 5.41) is 4.90. The molecule has 6 heteroatoms. The van der Waals surface area contributed by atoms with E-state index in [9.17, 15) is 14.0 Å². The van der Waals surface area contributed by atoms with Gasteiger partial charge in [0.1, 0.15) is 17.3 Å². The first-order valence-electron chi connectivity index (χ1n) is 6.78. The average molecular weight is 304 g/mol. The van der Waals surface area contributed by atoms with E-state index in [1.807, 2.05) is 0 Å². The highest BCUT2D eigenvalue weighted by Gasteiger charge is 2.15. The van der Waals surface area contributed by atoms with Crippen LogP contribution in [-0.2, 0) is 4.79 Å². The number of anilines is 1. The lowest BCUT2D eigenvalue weighted by Gasteiger charge is -2.08. The minimum Gasteiger partial charge on any atom is -0.466 e. The summed E-state index contributed by atoms with van der Waals surface area (Å²) in [6, 6.07) is 6.01. The Balaban J connectivity index is 1.94. The number of halogens is 1. The van der Waals surface area contributed by atoms with Gasteiger partial charge in [0.2, 0.25) is 5.91 Å². The van der Waals surface area contributed by atoms with Gasteiger partial charge in [0.05, 0.1) is 17.8 Å². The van der Waals surface area contributed by atoms with Gasteiger partial charge in [-0.15, -0.1) is 0 Å². The summed E-state index contributed by atoms with van der Waals surface area (Å²) >= 11 is 0. The third-order valence-electron chi connectivity index (χ3n) is 3.09. The first-order chi connectivity index (χ1) is 10.4. The molecule has 1 heterocycles. The molecule has 0 bridgehead atoms. The fourth-order valence-corrected chi connectivity index (χ4v) is 2.04. The maximum atomic E-state index is 13.5. The molecule has 116 valence electrons. The van der Waals surface area contributed by atoms with E-state index in [2.05, 4.69) is 10.6 Å². The molecule has 1 aromatic heterocycles. The maximum Gasteiger partial charge on any atom is 0.255 e. The molecular weight excluding hydrogens is 287 g/mol. The Kier molecular flexibility index (Phi) is 4.60. The Morgan fingerprint density at radius 1 is 1.18 bits per heavy atom. The van der Waals surface area contributed by atoms with Gasteiger partial charge in [-0.05, 0) is 44.5 Å². The largest absolute Gasteiger partial charge is 0.466 e. The predicted molar refractivity (Wildman–Crippen MR) is 80.3 cm³/mol. The molecular formula is C16H17FN2O3. The summed E-state index contributed by atoms with van der Waals surface area (Å²) in [6.07, 6.45) is 0. The zero-order valence-electron chi connectivity index (χ0n) is 12.6. The van der Waals surface area contributed by atoms with Gasteiger partial charge in [-0.3, -0.25) is 9.59 Å². The molecule has 0 aliphatic carbocycles. The van der Waals surface area contributed by atoms with Crippen molar-refractivity contribution in [3.8, 4) is 0 Å². The topological polar surface area (TPSA) is 71.3 Å². The fraction of sp³-hybridized carbons (Fsp3) is 0.250. The van der Waals surface area contributed by atoms with Crippen molar-refractivity contribution in [3.05, 3.63) is 52.7 Å². The SMILES string of the molecule is Cc1ccc(F)c(NC(=O)CNC(=O)c2cc(C)oc2C)c1. The van der Waals surface area contributed by atoms with E-state index in [4.69, 9.17) is 4.42 Å². The normalized spacial score (nSPS) is 10.4. The molecule has 0 unspecified atom stereocenters. The molecule has 2 amide bonds. The Labute approximate surface area is 127 Å². The van der Waals surface area contributed by atoms with Crippen molar-refractivity contribution in [2.75, 3.05) is 11.9 Å². The van der Waals surface area contributed by atoms with E-state index in [0.29, 0.717) is 17.1 Å². The molecule has 0 saturated carbocycles. The summed E-state index contributed by atoms with van der Waals surface area (Å²) in [5.41, 5.74) is 1.30. The number of benzene rings is 1. The molecule has 0 fully saturated rings. The van der Waals surface area contributed by atoms with E-state index in [0.717, 1.165) is 5.56 Å². The van der Waals surface area contributed by atoms with Crippen LogP contribution in [0.1, 0.15) is 27.4 Å². The molecule has 2 N–H and O–H groups in total. The number of hydrogen-bond donors (Lipinski definition) is 2. The van der Waals surface area contributed by atoms with Gasteiger partial charge in [0, 0.05) is 0 Å². The van der Waals surface area contributed by atoms with E-state index in [-0.39, 0.29) is 12.2 Å². The summed E-state index contributed by atoms with van der Waals surface area (Å²) < 4.78 is 18.8. The van der Waals surface area contributed by atoms with Gasteiger partial charge in [-0.25, -0.2) is 4.39 Å². The molecule has 0 spiro atoms. The summed E-state index contributed by atoms with van der Waals surface area (Å²) in [4.78, 5) is 23.7. The van der Waals surface area contributed by atoms with Crippen LogP contribution < -0.4 is 10.6 Å². The first-order valence-corrected chi connectivity index (χ1v) is 6.78. The van der Waals surface area contributed by atoms with E-state index in [1.165, 1.54) is 12.1 Å². The summed E-state index contributed by atoms with van der Waals surface area (Å²) in [6.45, 7) is 4.94. The highest BCUT2D eigenvalue weighted by molar-refractivity contribution is 5.99. The molecule has 2 aromatic rings. The third kappa shape index (κ3) is 3.72. The van der Waals surface area contributed by atoms with Crippen LogP contribution in [-0.4, -0.2) is 18.4 Å². The van der Waals surface area contributed by atoms with Crippen molar-refractivity contribution in [1.82, 2.24) is 5.32 Å². The van der Waals surface area contributed by atoms with E-state index < -0.39 is 17.6 Å². The number of furan rings is 1. The minimum atomic E-state index is -0.522. The second-order valence-corrected chi connectivity index (χ2v) is 5.04. The molecule has 5 nitrogen and oxygen atoms in total. The van der Waals surface area contributed by atoms with Crippen LogP contribution in [0, 0.1) is 26.6 Å². The number of amides is 2. The van der Waals surface area contributed by atoms with Gasteiger partial charge in [-0.1, -0.05) is 6.07 Å². The van der Waals surface area contributed by atoms with Crippen molar-refractivity contribution < 1.29 is 18.4 Å². The Morgan fingerprint density at radius 2 is 1.91 bits per heavy atom. The fourth-order valence-electron chi connectivity index (χ4n) is 2.04. The molecule has 1 aromatic carbocycles. The lowest BCUT2D eigenvalue weighted by molar-refractivity contribution is -0.115. The van der Waals surface area contributed by atoms with Crippen molar-refractivity contribution in [2.24, 2.45) is 0 Å². The molecule has 0 saturated heterocycles. The van der Waals surface area contributed by atoms with Crippen LogP contribution in [0.2, 0.25) is 0 Å². The number of carbonyl (C=O) groups is 2. The lowest BCUT2D eigenvalue weighted by atomic mass is 10.2. The Hall–Kier alpha value is -2.63. The third-order valence-corrected chi connectivity index (χ3v) is 3.09. The molecule has 0 atom stereocenters. The smallest absolute Gasteiger partial charge is 0.255 e. The second kappa shape index (κ2) is 6.43. The summed E-state index contributed by atoms with van der Waals surface area (Å²) in [7, 11) is 0. The van der Waals surface area contributed by atoms with Crippen molar-refractivity contribution in [2.45, 2.75) is 20.8 Å². The standard InChI is InChI=1S/C16H17FN2O3/c1-9-4-5-13(17)14(6-9)19-15(20)8-18-16(21)12-7-10(2)22-11(12)3/h4-7H,8H2,1-3H3,(H,18,21)(H,19,20). The van der Waals surface area contributed by atoms with Gasteiger partial charge >= 0.3 is 0 Å². The summed E-state index contributed by atoms with van der Waals surface area (Å²) in [5.74, 6) is -0.328. The minimum absolute atomic E-state index is 0.0922. The zero-order valence-corrected chi connectivity index (χ0v) is 12.6. The van der Waals surface area contributed by atoms with Crippen LogP contribution in [0.4, 0.5) is 10.1 Å². The van der Waals surface area contributed by atoms with Crippen LogP contribution in [0.15, 0.2) is 28.7 Å². The van der Waals surface area contributed by atoms with Crippen LogP contribution in [0.3, 0.4) is 0 Å². The number of rotatable bonds is 4. The van der Waals surface area contributed by atoms with Crippen molar-refractivity contribution in [3.63, 3.8) is 0 Å². The molecule has 0 aliphatic rings. The first kappa shape index (κ1) is 15.8. The highest BCUT2D eigenvalue weighted by Crippen LogP contribution is 2.15. The molecule has 22 heavy (non-hydrogen) atoms. The van der Waals surface area contributed by atoms with Gasteiger partial charge in [0.25, 0.3) is 5.91 Å². The van der Waals surface area contributed by atoms with E-state index in [1.54, 1.807) is 32.9 Å². The van der Waals surface area contributed by atoms with Crippen LogP contribution in [0.5, 0.6) is 0 Å². The number of nitrogens with one attached hydrogen (secondary N) is 2. The molecule has 2 rings (SSSR count). The van der Waals surface area contributed by atoms with Crippen LogP contribution in [0.25, 0.3) is 0 Å². The predicted octanol–water partition coefficient (Wildman–Crippen LogP) is 2.71. The highest BCUT2D eigenvalue weighted by atomic mass is 19.1. The monoisotopic (exact) mass is 304 g/mol. The lowest BCUT2D eigenvalue weighted by Crippen LogP contribution is -2.33. The van der Waals surface area contributed by atoms with Crippen LogP contribution >= 0.6 is 0 Å². The molecule has 0 aliphatic heterocycles. The van der Waals surface area contributed by atoms with E-state index >= 15 is 0 Å². The maximum absolute atomic E-state index is 13.5. The van der Waals surface area contributed by atoms with Crippen molar-refractivity contribution in [1.29, 1.82) is 0 Å². The quantitative estimate of drug-likeness (QED) is 0.912. The van der Waals surface area contributed by atoms with Crippen molar-refractivity contribution >= 4 is 17.5 Å². The number of carbonyl (C=O) groups excluding carboxylic acids is 2. The second-order valence-electron chi connectivity index (χ2n) is 5.04. The van der Waals surface area contributed by atoms with Gasteiger partial charge < -0.3 is 15.1 Å². The van der Waals surface area contributed by atoms with Gasteiger partial charge in [0.15, 0.2) is 0 Å². The van der Waals surface area contributed by atoms with Gasteiger partial charge in [-0.2, -0.15) is 0 Å². The Bertz CT molecular complexity index is 722.